The molecule has 0 bridgehead atoms. The van der Waals surface area contributed by atoms with E-state index in [4.69, 9.17) is 14.2 Å². The maximum absolute atomic E-state index is 11.7. The highest BCUT2D eigenvalue weighted by molar-refractivity contribution is 5.69. The quantitative estimate of drug-likeness (QED) is 0.489. The summed E-state index contributed by atoms with van der Waals surface area (Å²) in [6, 6.07) is 0. The van der Waals surface area contributed by atoms with E-state index in [1.165, 1.54) is 12.8 Å². The molecule has 1 aliphatic rings. The summed E-state index contributed by atoms with van der Waals surface area (Å²) < 4.78 is 15.5. The van der Waals surface area contributed by atoms with Crippen LogP contribution in [-0.2, 0) is 19.0 Å². The lowest BCUT2D eigenvalue weighted by Gasteiger charge is -2.27. The Labute approximate surface area is 122 Å². The van der Waals surface area contributed by atoms with Gasteiger partial charge in [0, 0.05) is 26.7 Å². The van der Waals surface area contributed by atoms with Gasteiger partial charge in [0.15, 0.2) is 0 Å². The second-order valence-electron chi connectivity index (χ2n) is 5.47. The number of piperidine rings is 1. The number of ether oxygens (including phenoxy) is 3. The lowest BCUT2D eigenvalue weighted by Crippen LogP contribution is -2.34. The summed E-state index contributed by atoms with van der Waals surface area (Å²) in [4.78, 5) is 11.7. The molecule has 2 unspecified atom stereocenters. The molecule has 1 saturated heterocycles. The molecule has 1 fully saturated rings. The second-order valence-corrected chi connectivity index (χ2v) is 5.47. The Bertz CT molecular complexity index is 254. The van der Waals surface area contributed by atoms with Crippen molar-refractivity contribution in [2.45, 2.75) is 32.6 Å². The van der Waals surface area contributed by atoms with Gasteiger partial charge in [-0.3, -0.25) is 4.79 Å². The van der Waals surface area contributed by atoms with Crippen molar-refractivity contribution in [3.8, 4) is 0 Å². The van der Waals surface area contributed by atoms with Crippen LogP contribution in [0.3, 0.4) is 0 Å². The van der Waals surface area contributed by atoms with Crippen molar-refractivity contribution in [2.24, 2.45) is 11.8 Å². The maximum Gasteiger partial charge on any atom is 0.306 e. The number of carbonyl (C=O) groups excluding carboxylic acids is 1. The van der Waals surface area contributed by atoms with Crippen LogP contribution in [0.1, 0.15) is 32.6 Å². The average Bonchev–Trinajstić information content (AvgIpc) is 2.47. The predicted molar refractivity (Wildman–Crippen MR) is 77.6 cm³/mol. The van der Waals surface area contributed by atoms with Gasteiger partial charge in [-0.1, -0.05) is 6.92 Å². The first-order valence-corrected chi connectivity index (χ1v) is 7.67. The standard InChI is InChI=1S/C15H29NO4/c1-13(14-5-3-6-16-12-14)11-15(17)20-10-9-19-8-4-7-18-2/h13-14,16H,3-12H2,1-2H3. The summed E-state index contributed by atoms with van der Waals surface area (Å²) in [5.74, 6) is 0.878. The van der Waals surface area contributed by atoms with Gasteiger partial charge in [0.25, 0.3) is 0 Å². The van der Waals surface area contributed by atoms with Crippen LogP contribution in [0.4, 0.5) is 0 Å². The lowest BCUT2D eigenvalue weighted by molar-refractivity contribution is -0.146. The van der Waals surface area contributed by atoms with Crippen LogP contribution >= 0.6 is 0 Å². The summed E-state index contributed by atoms with van der Waals surface area (Å²) in [5.41, 5.74) is 0. The van der Waals surface area contributed by atoms with Gasteiger partial charge < -0.3 is 19.5 Å². The Hall–Kier alpha value is -0.650. The largest absolute Gasteiger partial charge is 0.463 e. The summed E-state index contributed by atoms with van der Waals surface area (Å²) in [6.45, 7) is 6.43. The van der Waals surface area contributed by atoms with Crippen molar-refractivity contribution < 1.29 is 19.0 Å². The van der Waals surface area contributed by atoms with Gasteiger partial charge >= 0.3 is 5.97 Å². The van der Waals surface area contributed by atoms with Crippen LogP contribution in [0.2, 0.25) is 0 Å². The number of hydrogen-bond donors (Lipinski definition) is 1. The first-order valence-electron chi connectivity index (χ1n) is 7.67. The smallest absolute Gasteiger partial charge is 0.306 e. The molecule has 0 aliphatic carbocycles. The highest BCUT2D eigenvalue weighted by atomic mass is 16.6. The third-order valence-corrected chi connectivity index (χ3v) is 3.76. The van der Waals surface area contributed by atoms with Crippen LogP contribution in [-0.4, -0.2) is 52.6 Å². The minimum Gasteiger partial charge on any atom is -0.463 e. The van der Waals surface area contributed by atoms with E-state index in [-0.39, 0.29) is 5.97 Å². The molecule has 20 heavy (non-hydrogen) atoms. The molecule has 0 spiro atoms. The van der Waals surface area contributed by atoms with E-state index in [1.54, 1.807) is 7.11 Å². The third kappa shape index (κ3) is 7.82. The molecule has 5 heteroatoms. The second kappa shape index (κ2) is 11.1. The molecule has 2 atom stereocenters. The Balaban J connectivity index is 1.99. The van der Waals surface area contributed by atoms with Crippen LogP contribution in [0, 0.1) is 11.8 Å². The Kier molecular flexibility index (Phi) is 9.62. The van der Waals surface area contributed by atoms with Gasteiger partial charge in [-0.2, -0.15) is 0 Å². The third-order valence-electron chi connectivity index (χ3n) is 3.76. The fraction of sp³-hybridized carbons (Fsp3) is 0.933. The highest BCUT2D eigenvalue weighted by Gasteiger charge is 2.22. The Morgan fingerprint density at radius 3 is 2.85 bits per heavy atom. The van der Waals surface area contributed by atoms with Crippen LogP contribution in [0.5, 0.6) is 0 Å². The number of esters is 1. The van der Waals surface area contributed by atoms with E-state index in [1.807, 2.05) is 0 Å². The van der Waals surface area contributed by atoms with Crippen LogP contribution in [0.25, 0.3) is 0 Å². The topological polar surface area (TPSA) is 56.8 Å². The van der Waals surface area contributed by atoms with Gasteiger partial charge in [-0.05, 0) is 44.2 Å². The number of hydrogen-bond acceptors (Lipinski definition) is 5. The zero-order valence-corrected chi connectivity index (χ0v) is 12.9. The fourth-order valence-corrected chi connectivity index (χ4v) is 2.47. The molecule has 1 N–H and O–H groups in total. The molecule has 0 amide bonds. The average molecular weight is 287 g/mol. The number of rotatable bonds is 10. The van der Waals surface area contributed by atoms with Crippen molar-refractivity contribution in [1.29, 1.82) is 0 Å². The summed E-state index contributed by atoms with van der Waals surface area (Å²) >= 11 is 0. The van der Waals surface area contributed by atoms with Gasteiger partial charge in [-0.15, -0.1) is 0 Å². The van der Waals surface area contributed by atoms with E-state index in [2.05, 4.69) is 12.2 Å². The first kappa shape index (κ1) is 17.4. The van der Waals surface area contributed by atoms with Crippen molar-refractivity contribution >= 4 is 5.97 Å². The van der Waals surface area contributed by atoms with Gasteiger partial charge in [0.05, 0.1) is 6.61 Å². The van der Waals surface area contributed by atoms with Crippen LogP contribution in [0.15, 0.2) is 0 Å². The van der Waals surface area contributed by atoms with E-state index in [0.29, 0.717) is 44.7 Å². The lowest BCUT2D eigenvalue weighted by atomic mass is 9.85. The maximum atomic E-state index is 11.7. The molecule has 0 radical (unpaired) electrons. The molecular weight excluding hydrogens is 258 g/mol. The number of nitrogens with one attached hydrogen (secondary N) is 1. The molecule has 0 aromatic rings. The Morgan fingerprint density at radius 2 is 2.15 bits per heavy atom. The van der Waals surface area contributed by atoms with Crippen molar-refractivity contribution in [2.75, 3.05) is 46.6 Å². The number of methoxy groups -OCH3 is 1. The first-order chi connectivity index (χ1) is 9.74. The van der Waals surface area contributed by atoms with E-state index in [9.17, 15) is 4.79 Å². The molecule has 0 aromatic heterocycles. The van der Waals surface area contributed by atoms with Gasteiger partial charge in [-0.25, -0.2) is 0 Å². The SMILES string of the molecule is COCCCOCCOC(=O)CC(C)C1CCCNC1. The summed E-state index contributed by atoms with van der Waals surface area (Å²) in [7, 11) is 1.67. The van der Waals surface area contributed by atoms with Gasteiger partial charge in [0.1, 0.15) is 6.61 Å². The van der Waals surface area contributed by atoms with E-state index in [0.717, 1.165) is 19.5 Å². The fourth-order valence-electron chi connectivity index (χ4n) is 2.47. The predicted octanol–water partition coefficient (Wildman–Crippen LogP) is 1.61. The Morgan fingerprint density at radius 1 is 1.30 bits per heavy atom. The normalized spacial score (nSPS) is 20.6. The van der Waals surface area contributed by atoms with Gasteiger partial charge in [0.2, 0.25) is 0 Å². The summed E-state index contributed by atoms with van der Waals surface area (Å²) in [6.07, 6.45) is 3.80. The van der Waals surface area contributed by atoms with Crippen LogP contribution < -0.4 is 5.32 Å². The molecule has 1 heterocycles. The zero-order valence-electron chi connectivity index (χ0n) is 12.9. The van der Waals surface area contributed by atoms with Crippen molar-refractivity contribution in [1.82, 2.24) is 5.32 Å². The minimum absolute atomic E-state index is 0.108. The zero-order chi connectivity index (χ0) is 14.6. The molecule has 0 aromatic carbocycles. The molecule has 1 aliphatic heterocycles. The molecule has 5 nitrogen and oxygen atoms in total. The van der Waals surface area contributed by atoms with E-state index < -0.39 is 0 Å². The van der Waals surface area contributed by atoms with Crippen molar-refractivity contribution in [3.05, 3.63) is 0 Å². The van der Waals surface area contributed by atoms with Crippen molar-refractivity contribution in [3.63, 3.8) is 0 Å². The van der Waals surface area contributed by atoms with E-state index >= 15 is 0 Å². The minimum atomic E-state index is -0.108. The molecular formula is C15H29NO4. The molecule has 1 rings (SSSR count). The highest BCUT2D eigenvalue weighted by Crippen LogP contribution is 2.22. The molecule has 118 valence electrons. The summed E-state index contributed by atoms with van der Waals surface area (Å²) in [5, 5.41) is 3.38. The molecule has 0 saturated carbocycles. The monoisotopic (exact) mass is 287 g/mol. The number of carbonyl (C=O) groups is 1.